The van der Waals surface area contributed by atoms with Crippen LogP contribution in [0.15, 0.2) is 12.7 Å². The molecule has 0 saturated carbocycles. The Bertz CT molecular complexity index is 182. The Morgan fingerprint density at radius 2 is 2.29 bits per heavy atom. The fraction of sp³-hybridized carbons (Fsp3) is 0.778. The van der Waals surface area contributed by atoms with Crippen molar-refractivity contribution < 1.29 is 24.4 Å². The second kappa shape index (κ2) is 5.43. The van der Waals surface area contributed by atoms with E-state index in [2.05, 4.69) is 6.58 Å². The first-order chi connectivity index (χ1) is 6.74. The smallest absolute Gasteiger partial charge is 0.186 e. The van der Waals surface area contributed by atoms with Gasteiger partial charge in [-0.15, -0.1) is 6.58 Å². The van der Waals surface area contributed by atoms with Crippen molar-refractivity contribution in [3.8, 4) is 0 Å². The van der Waals surface area contributed by atoms with Crippen LogP contribution in [0.4, 0.5) is 0 Å². The molecule has 0 aromatic heterocycles. The maximum Gasteiger partial charge on any atom is 0.186 e. The van der Waals surface area contributed by atoms with E-state index >= 15 is 0 Å². The zero-order valence-corrected chi connectivity index (χ0v) is 8.13. The first-order valence-electron chi connectivity index (χ1n) is 4.44. The summed E-state index contributed by atoms with van der Waals surface area (Å²) in [5.74, 6) is 0. The Labute approximate surface area is 82.9 Å². The minimum atomic E-state index is -0.878. The third-order valence-electron chi connectivity index (χ3n) is 2.11. The molecule has 2 N–H and O–H groups in total. The van der Waals surface area contributed by atoms with Gasteiger partial charge in [0.2, 0.25) is 0 Å². The molecule has 14 heavy (non-hydrogen) atoms. The lowest BCUT2D eigenvalue weighted by molar-refractivity contribution is -0.153. The Kier molecular flexibility index (Phi) is 4.50. The average Bonchev–Trinajstić information content (AvgIpc) is 2.52. The van der Waals surface area contributed by atoms with Crippen molar-refractivity contribution in [1.82, 2.24) is 0 Å². The molecule has 0 aliphatic carbocycles. The first-order valence-corrected chi connectivity index (χ1v) is 4.44. The number of aliphatic hydroxyl groups is 2. The molecule has 0 amide bonds. The van der Waals surface area contributed by atoms with Crippen molar-refractivity contribution in [3.05, 3.63) is 12.7 Å². The summed E-state index contributed by atoms with van der Waals surface area (Å²) in [7, 11) is 1.43. The summed E-state index contributed by atoms with van der Waals surface area (Å²) in [6.45, 7) is 3.59. The van der Waals surface area contributed by atoms with Crippen molar-refractivity contribution in [2.45, 2.75) is 24.6 Å². The van der Waals surface area contributed by atoms with E-state index in [1.807, 2.05) is 0 Å². The molecule has 0 unspecified atom stereocenters. The largest absolute Gasteiger partial charge is 0.394 e. The molecule has 1 fully saturated rings. The third-order valence-corrected chi connectivity index (χ3v) is 2.11. The van der Waals surface area contributed by atoms with Gasteiger partial charge in [-0.1, -0.05) is 6.08 Å². The summed E-state index contributed by atoms with van der Waals surface area (Å²) in [6, 6.07) is 0. The molecule has 1 saturated heterocycles. The van der Waals surface area contributed by atoms with Crippen LogP contribution in [-0.4, -0.2) is 55.1 Å². The molecule has 0 spiro atoms. The van der Waals surface area contributed by atoms with Crippen molar-refractivity contribution in [3.63, 3.8) is 0 Å². The van der Waals surface area contributed by atoms with Crippen LogP contribution >= 0.6 is 0 Å². The minimum absolute atomic E-state index is 0.210. The molecule has 82 valence electrons. The van der Waals surface area contributed by atoms with Gasteiger partial charge < -0.3 is 24.4 Å². The van der Waals surface area contributed by atoms with E-state index in [-0.39, 0.29) is 6.61 Å². The predicted octanol–water partition coefficient (Wildman–Crippen LogP) is -0.718. The van der Waals surface area contributed by atoms with E-state index in [0.29, 0.717) is 6.61 Å². The first kappa shape index (κ1) is 11.6. The SMILES string of the molecule is C=CCO[C@@H]1[C@@H](O)[C@H](OC)O[C@H]1CO. The van der Waals surface area contributed by atoms with Gasteiger partial charge in [0.1, 0.15) is 18.3 Å². The fourth-order valence-corrected chi connectivity index (χ4v) is 1.43. The van der Waals surface area contributed by atoms with E-state index in [4.69, 9.17) is 19.3 Å². The standard InChI is InChI=1S/C9H16O5/c1-3-4-13-8-6(5-10)14-9(12-2)7(8)11/h3,6-11H,1,4-5H2,2H3/t6-,7+,8-,9+/m0/s1. The maximum atomic E-state index is 9.66. The van der Waals surface area contributed by atoms with Crippen molar-refractivity contribution in [1.29, 1.82) is 0 Å². The number of hydrogen-bond donors (Lipinski definition) is 2. The van der Waals surface area contributed by atoms with E-state index < -0.39 is 24.6 Å². The van der Waals surface area contributed by atoms with E-state index in [1.165, 1.54) is 7.11 Å². The van der Waals surface area contributed by atoms with E-state index in [1.54, 1.807) is 6.08 Å². The fourth-order valence-electron chi connectivity index (χ4n) is 1.43. The molecule has 0 bridgehead atoms. The molecule has 0 radical (unpaired) electrons. The maximum absolute atomic E-state index is 9.66. The Hall–Kier alpha value is -0.460. The Morgan fingerprint density at radius 3 is 2.79 bits per heavy atom. The highest BCUT2D eigenvalue weighted by atomic mass is 16.7. The van der Waals surface area contributed by atoms with Crippen LogP contribution in [0, 0.1) is 0 Å². The number of rotatable bonds is 5. The van der Waals surface area contributed by atoms with Crippen molar-refractivity contribution >= 4 is 0 Å². The summed E-state index contributed by atoms with van der Waals surface area (Å²) in [4.78, 5) is 0. The van der Waals surface area contributed by atoms with Gasteiger partial charge in [-0.05, 0) is 0 Å². The molecule has 1 aliphatic rings. The number of ether oxygens (including phenoxy) is 3. The second-order valence-corrected chi connectivity index (χ2v) is 3.04. The van der Waals surface area contributed by atoms with Crippen LogP contribution in [0.5, 0.6) is 0 Å². The molecule has 0 aromatic carbocycles. The van der Waals surface area contributed by atoms with Gasteiger partial charge in [-0.2, -0.15) is 0 Å². The summed E-state index contributed by atoms with van der Waals surface area (Å²) in [5.41, 5.74) is 0. The third kappa shape index (κ3) is 2.31. The normalized spacial score (nSPS) is 37.4. The van der Waals surface area contributed by atoms with Crippen LogP contribution in [0.3, 0.4) is 0 Å². The van der Waals surface area contributed by atoms with Crippen LogP contribution < -0.4 is 0 Å². The highest BCUT2D eigenvalue weighted by Crippen LogP contribution is 2.24. The molecule has 5 heteroatoms. The van der Waals surface area contributed by atoms with Gasteiger partial charge in [0.25, 0.3) is 0 Å². The lowest BCUT2D eigenvalue weighted by Gasteiger charge is -2.18. The molecular formula is C9H16O5. The van der Waals surface area contributed by atoms with E-state index in [0.717, 1.165) is 0 Å². The molecule has 1 rings (SSSR count). The van der Waals surface area contributed by atoms with Crippen LogP contribution in [0.1, 0.15) is 0 Å². The van der Waals surface area contributed by atoms with Crippen LogP contribution in [0.2, 0.25) is 0 Å². The molecule has 1 heterocycles. The molecule has 0 aromatic rings. The lowest BCUT2D eigenvalue weighted by atomic mass is 10.1. The molecular weight excluding hydrogens is 188 g/mol. The monoisotopic (exact) mass is 204 g/mol. The van der Waals surface area contributed by atoms with Gasteiger partial charge in [0.15, 0.2) is 6.29 Å². The van der Waals surface area contributed by atoms with Crippen molar-refractivity contribution in [2.75, 3.05) is 20.3 Å². The molecule has 5 nitrogen and oxygen atoms in total. The quantitative estimate of drug-likeness (QED) is 0.579. The van der Waals surface area contributed by atoms with Gasteiger partial charge in [-0.25, -0.2) is 0 Å². The van der Waals surface area contributed by atoms with Crippen LogP contribution in [-0.2, 0) is 14.2 Å². The predicted molar refractivity (Wildman–Crippen MR) is 48.7 cm³/mol. The zero-order chi connectivity index (χ0) is 10.6. The number of methoxy groups -OCH3 is 1. The van der Waals surface area contributed by atoms with Gasteiger partial charge in [0, 0.05) is 7.11 Å². The Morgan fingerprint density at radius 1 is 1.57 bits per heavy atom. The number of aliphatic hydroxyl groups excluding tert-OH is 2. The highest BCUT2D eigenvalue weighted by Gasteiger charge is 2.44. The minimum Gasteiger partial charge on any atom is -0.394 e. The van der Waals surface area contributed by atoms with E-state index in [9.17, 15) is 5.11 Å². The number of hydrogen-bond acceptors (Lipinski definition) is 5. The summed E-state index contributed by atoms with van der Waals surface area (Å²) < 4.78 is 15.3. The lowest BCUT2D eigenvalue weighted by Crippen LogP contribution is -2.37. The topological polar surface area (TPSA) is 68.2 Å². The van der Waals surface area contributed by atoms with Gasteiger partial charge in [-0.3, -0.25) is 0 Å². The van der Waals surface area contributed by atoms with Gasteiger partial charge >= 0.3 is 0 Å². The van der Waals surface area contributed by atoms with Crippen molar-refractivity contribution in [2.24, 2.45) is 0 Å². The highest BCUT2D eigenvalue weighted by molar-refractivity contribution is 4.88. The summed E-state index contributed by atoms with van der Waals surface area (Å²) >= 11 is 0. The average molecular weight is 204 g/mol. The Balaban J connectivity index is 2.55. The molecule has 4 atom stereocenters. The van der Waals surface area contributed by atoms with Gasteiger partial charge in [0.05, 0.1) is 13.2 Å². The second-order valence-electron chi connectivity index (χ2n) is 3.04. The summed E-state index contributed by atoms with van der Waals surface area (Å²) in [5, 5.41) is 18.6. The van der Waals surface area contributed by atoms with Crippen LogP contribution in [0.25, 0.3) is 0 Å². The zero-order valence-electron chi connectivity index (χ0n) is 8.13. The molecule has 1 aliphatic heterocycles. The summed E-state index contributed by atoms with van der Waals surface area (Å²) in [6.07, 6.45) is -1.15.